The van der Waals surface area contributed by atoms with E-state index in [1.807, 2.05) is 27.7 Å². The third-order valence-electron chi connectivity index (χ3n) is 3.00. The lowest BCUT2D eigenvalue weighted by Crippen LogP contribution is -2.47. The van der Waals surface area contributed by atoms with Gasteiger partial charge in [0.05, 0.1) is 0 Å². The van der Waals surface area contributed by atoms with Gasteiger partial charge in [-0.2, -0.15) is 0 Å². The van der Waals surface area contributed by atoms with Crippen LogP contribution < -0.4 is 0 Å². The van der Waals surface area contributed by atoms with E-state index in [1.54, 1.807) is 0 Å². The van der Waals surface area contributed by atoms with Crippen LogP contribution >= 0.6 is 0 Å². The Bertz CT molecular complexity index is 269. The molecule has 82 valence electrons. The van der Waals surface area contributed by atoms with Gasteiger partial charge in [-0.25, -0.2) is 0 Å². The molecule has 0 unspecified atom stereocenters. The average Bonchev–Trinajstić information content (AvgIpc) is 2.10. The molecule has 0 fully saturated rings. The zero-order chi connectivity index (χ0) is 11.4. The van der Waals surface area contributed by atoms with Crippen LogP contribution in [0.4, 0.5) is 0 Å². The Morgan fingerprint density at radius 3 is 1.71 bits per heavy atom. The highest BCUT2D eigenvalue weighted by atomic mass is 16.5. The molecular weight excluding hydrogens is 174 g/mol. The van der Waals surface area contributed by atoms with Crippen LogP contribution in [0.15, 0.2) is 11.6 Å². The standard InChI is InChI=1S/C12H22NO/c1-10(2,3)9-8-11(4,5)13(14)12(9,6)7/h8H,1-7H3/q-1. The Morgan fingerprint density at radius 2 is 1.57 bits per heavy atom. The van der Waals surface area contributed by atoms with Crippen molar-refractivity contribution < 1.29 is 0 Å². The molecule has 1 heterocycles. The second kappa shape index (κ2) is 2.83. The molecular formula is C12H22NO-. The fourth-order valence-corrected chi connectivity index (χ4v) is 2.55. The van der Waals surface area contributed by atoms with E-state index in [4.69, 9.17) is 0 Å². The molecule has 0 saturated carbocycles. The first-order valence-electron chi connectivity index (χ1n) is 5.21. The Balaban J connectivity index is 3.20. The summed E-state index contributed by atoms with van der Waals surface area (Å²) in [7, 11) is 0. The van der Waals surface area contributed by atoms with Crippen LogP contribution in [0.5, 0.6) is 0 Å². The minimum Gasteiger partial charge on any atom is -0.784 e. The monoisotopic (exact) mass is 196 g/mol. The predicted octanol–water partition coefficient (Wildman–Crippen LogP) is 3.33. The van der Waals surface area contributed by atoms with Gasteiger partial charge in [-0.15, -0.1) is 0 Å². The first kappa shape index (κ1) is 11.7. The van der Waals surface area contributed by atoms with E-state index in [9.17, 15) is 5.21 Å². The highest BCUT2D eigenvalue weighted by molar-refractivity contribution is 5.35. The van der Waals surface area contributed by atoms with Gasteiger partial charge in [0, 0.05) is 11.1 Å². The molecule has 0 aromatic rings. The van der Waals surface area contributed by atoms with Crippen LogP contribution in [-0.4, -0.2) is 16.1 Å². The van der Waals surface area contributed by atoms with Gasteiger partial charge in [0.2, 0.25) is 0 Å². The van der Waals surface area contributed by atoms with Crippen LogP contribution in [0.25, 0.3) is 0 Å². The van der Waals surface area contributed by atoms with Crippen molar-refractivity contribution in [2.75, 3.05) is 0 Å². The first-order chi connectivity index (χ1) is 5.99. The predicted molar refractivity (Wildman–Crippen MR) is 60.9 cm³/mol. The summed E-state index contributed by atoms with van der Waals surface area (Å²) in [5, 5.41) is 13.3. The van der Waals surface area contributed by atoms with Crippen molar-refractivity contribution in [2.24, 2.45) is 5.41 Å². The van der Waals surface area contributed by atoms with Crippen LogP contribution in [0.3, 0.4) is 0 Å². The van der Waals surface area contributed by atoms with Crippen LogP contribution in [0, 0.1) is 10.6 Å². The minimum absolute atomic E-state index is 0.0694. The molecule has 0 aromatic heterocycles. The summed E-state index contributed by atoms with van der Waals surface area (Å²) in [6.45, 7) is 14.4. The van der Waals surface area contributed by atoms with Crippen LogP contribution in [0.2, 0.25) is 0 Å². The highest BCUT2D eigenvalue weighted by Crippen LogP contribution is 2.46. The molecule has 0 aromatic carbocycles. The zero-order valence-electron chi connectivity index (χ0n) is 10.4. The molecule has 14 heavy (non-hydrogen) atoms. The van der Waals surface area contributed by atoms with Crippen molar-refractivity contribution in [1.82, 2.24) is 5.06 Å². The molecule has 2 heteroatoms. The zero-order valence-corrected chi connectivity index (χ0v) is 10.4. The largest absolute Gasteiger partial charge is 0.784 e. The van der Waals surface area contributed by atoms with Gasteiger partial charge in [0.25, 0.3) is 0 Å². The molecule has 2 nitrogen and oxygen atoms in total. The van der Waals surface area contributed by atoms with E-state index in [0.717, 1.165) is 0 Å². The van der Waals surface area contributed by atoms with Crippen molar-refractivity contribution >= 4 is 0 Å². The maximum absolute atomic E-state index is 12.1. The van der Waals surface area contributed by atoms with Crippen molar-refractivity contribution in [3.63, 3.8) is 0 Å². The lowest BCUT2D eigenvalue weighted by molar-refractivity contribution is 0.147. The van der Waals surface area contributed by atoms with E-state index in [-0.39, 0.29) is 16.5 Å². The number of rotatable bonds is 0. The number of hydroxylamine groups is 2. The minimum atomic E-state index is -0.373. The number of nitrogens with zero attached hydrogens (tertiary/aromatic N) is 1. The maximum Gasteiger partial charge on any atom is 0.0260 e. The quantitative estimate of drug-likeness (QED) is 0.555. The summed E-state index contributed by atoms with van der Waals surface area (Å²) >= 11 is 0. The van der Waals surface area contributed by atoms with Gasteiger partial charge in [0.15, 0.2) is 0 Å². The maximum atomic E-state index is 12.1. The van der Waals surface area contributed by atoms with Crippen molar-refractivity contribution in [1.29, 1.82) is 0 Å². The Kier molecular flexibility index (Phi) is 2.37. The first-order valence-corrected chi connectivity index (χ1v) is 5.21. The average molecular weight is 196 g/mol. The fraction of sp³-hybridized carbons (Fsp3) is 0.833. The lowest BCUT2D eigenvalue weighted by Gasteiger charge is -2.49. The molecule has 0 saturated heterocycles. The smallest absolute Gasteiger partial charge is 0.0260 e. The molecule has 0 atom stereocenters. The lowest BCUT2D eigenvalue weighted by atomic mass is 9.77. The molecule has 0 N–H and O–H groups in total. The Hall–Kier alpha value is -0.340. The van der Waals surface area contributed by atoms with E-state index in [0.29, 0.717) is 0 Å². The third kappa shape index (κ3) is 1.61. The number of hydrogen-bond acceptors (Lipinski definition) is 2. The topological polar surface area (TPSA) is 26.3 Å². The fourth-order valence-electron chi connectivity index (χ4n) is 2.55. The van der Waals surface area contributed by atoms with E-state index >= 15 is 0 Å². The Morgan fingerprint density at radius 1 is 1.14 bits per heavy atom. The number of hydrogen-bond donors (Lipinski definition) is 0. The molecule has 1 rings (SSSR count). The third-order valence-corrected chi connectivity index (χ3v) is 3.00. The molecule has 1 aliphatic heterocycles. The summed E-state index contributed by atoms with van der Waals surface area (Å²) in [4.78, 5) is 0. The SMILES string of the molecule is CC(C)(C)C1=CC(C)(C)N([O-])C1(C)C. The summed E-state index contributed by atoms with van der Waals surface area (Å²) in [6, 6.07) is 0. The molecule has 0 bridgehead atoms. The van der Waals surface area contributed by atoms with Gasteiger partial charge in [-0.3, -0.25) is 0 Å². The molecule has 1 aliphatic rings. The van der Waals surface area contributed by atoms with Gasteiger partial charge in [0.1, 0.15) is 0 Å². The highest BCUT2D eigenvalue weighted by Gasteiger charge is 2.43. The Labute approximate surface area is 87.6 Å². The van der Waals surface area contributed by atoms with Gasteiger partial charge in [-0.05, 0) is 38.7 Å². The van der Waals surface area contributed by atoms with E-state index in [1.165, 1.54) is 10.6 Å². The van der Waals surface area contributed by atoms with E-state index in [2.05, 4.69) is 26.8 Å². The molecule has 0 radical (unpaired) electrons. The normalized spacial score (nSPS) is 26.4. The molecule has 0 amide bonds. The van der Waals surface area contributed by atoms with Crippen molar-refractivity contribution in [2.45, 2.75) is 59.5 Å². The van der Waals surface area contributed by atoms with Gasteiger partial charge in [-0.1, -0.05) is 26.8 Å². The van der Waals surface area contributed by atoms with Crippen LogP contribution in [0.1, 0.15) is 48.5 Å². The summed E-state index contributed by atoms with van der Waals surface area (Å²) in [6.07, 6.45) is 2.12. The van der Waals surface area contributed by atoms with Crippen LogP contribution in [-0.2, 0) is 0 Å². The van der Waals surface area contributed by atoms with Gasteiger partial charge >= 0.3 is 0 Å². The van der Waals surface area contributed by atoms with Crippen molar-refractivity contribution in [3.8, 4) is 0 Å². The molecule has 0 spiro atoms. The van der Waals surface area contributed by atoms with Gasteiger partial charge < -0.3 is 10.3 Å². The second-order valence-electron chi connectivity index (χ2n) is 6.32. The molecule has 0 aliphatic carbocycles. The van der Waals surface area contributed by atoms with Crippen molar-refractivity contribution in [3.05, 3.63) is 16.9 Å². The summed E-state index contributed by atoms with van der Waals surface area (Å²) < 4.78 is 0. The summed E-state index contributed by atoms with van der Waals surface area (Å²) in [5.41, 5.74) is 0.568. The second-order valence-corrected chi connectivity index (χ2v) is 6.32. The summed E-state index contributed by atoms with van der Waals surface area (Å²) in [5.74, 6) is 0. The van der Waals surface area contributed by atoms with E-state index < -0.39 is 0 Å².